The summed E-state index contributed by atoms with van der Waals surface area (Å²) in [6, 6.07) is 0.229. The van der Waals surface area contributed by atoms with Crippen LogP contribution < -0.4 is 11.1 Å². The van der Waals surface area contributed by atoms with E-state index in [-0.39, 0.29) is 41.7 Å². The predicted octanol–water partition coefficient (Wildman–Crippen LogP) is 1.33. The molecule has 0 saturated carbocycles. The molecule has 2 saturated heterocycles. The lowest BCUT2D eigenvalue weighted by Crippen LogP contribution is -2.49. The third kappa shape index (κ3) is 6.78. The van der Waals surface area contributed by atoms with Crippen molar-refractivity contribution in [2.45, 2.75) is 44.2 Å². The van der Waals surface area contributed by atoms with Crippen LogP contribution in [-0.2, 0) is 14.2 Å². The second kappa shape index (κ2) is 11.0. The fourth-order valence-corrected chi connectivity index (χ4v) is 3.08. The average molecular weight is 470 g/mol. The summed E-state index contributed by atoms with van der Waals surface area (Å²) < 4.78 is 16.1. The number of carbonyl (C=O) groups is 1. The first kappa shape index (κ1) is 22.2. The molecule has 3 N–H and O–H groups in total. The molecule has 0 spiro atoms. The Morgan fingerprint density at radius 1 is 1.36 bits per heavy atom. The molecular formula is C16H31IN4O4. The van der Waals surface area contributed by atoms with Gasteiger partial charge in [0, 0.05) is 52.3 Å². The van der Waals surface area contributed by atoms with E-state index in [9.17, 15) is 4.79 Å². The summed E-state index contributed by atoms with van der Waals surface area (Å²) in [4.78, 5) is 17.9. The van der Waals surface area contributed by atoms with Gasteiger partial charge in [-0.05, 0) is 19.8 Å². The number of guanidine groups is 1. The molecule has 1 amide bonds. The van der Waals surface area contributed by atoms with Crippen molar-refractivity contribution in [1.29, 1.82) is 0 Å². The van der Waals surface area contributed by atoms with Crippen LogP contribution in [-0.4, -0.2) is 75.2 Å². The number of rotatable bonds is 5. The Morgan fingerprint density at radius 2 is 2.00 bits per heavy atom. The Kier molecular flexibility index (Phi) is 9.80. The molecule has 9 heteroatoms. The second-order valence-electron chi connectivity index (χ2n) is 6.31. The van der Waals surface area contributed by atoms with Crippen LogP contribution in [0, 0.1) is 0 Å². The Bertz CT molecular complexity index is 436. The molecule has 2 rings (SSSR count). The summed E-state index contributed by atoms with van der Waals surface area (Å²) in [5.74, 6) is 0.438. The van der Waals surface area contributed by atoms with E-state index >= 15 is 0 Å². The van der Waals surface area contributed by atoms with Crippen LogP contribution in [0.4, 0.5) is 4.79 Å². The summed E-state index contributed by atoms with van der Waals surface area (Å²) in [7, 11) is 1.72. The molecule has 0 radical (unpaired) electrons. The molecule has 2 heterocycles. The monoisotopic (exact) mass is 470 g/mol. The smallest absolute Gasteiger partial charge is 0.409 e. The van der Waals surface area contributed by atoms with Crippen molar-refractivity contribution in [2.24, 2.45) is 10.7 Å². The number of nitrogens with zero attached hydrogens (tertiary/aromatic N) is 2. The van der Waals surface area contributed by atoms with E-state index in [1.165, 1.54) is 0 Å². The first-order chi connectivity index (χ1) is 11.6. The third-order valence-electron chi connectivity index (χ3n) is 4.75. The number of hydrogen-bond donors (Lipinski definition) is 2. The number of piperidine rings is 1. The first-order valence-electron chi connectivity index (χ1n) is 8.69. The van der Waals surface area contributed by atoms with Gasteiger partial charge < -0.3 is 30.2 Å². The molecule has 0 aromatic carbocycles. The zero-order chi connectivity index (χ0) is 17.4. The maximum absolute atomic E-state index is 11.7. The molecule has 25 heavy (non-hydrogen) atoms. The minimum atomic E-state index is -0.266. The van der Waals surface area contributed by atoms with Gasteiger partial charge in [-0.1, -0.05) is 0 Å². The topological polar surface area (TPSA) is 98.4 Å². The summed E-state index contributed by atoms with van der Waals surface area (Å²) in [5, 5.41) is 3.25. The molecule has 8 nitrogen and oxygen atoms in total. The predicted molar refractivity (Wildman–Crippen MR) is 106 cm³/mol. The van der Waals surface area contributed by atoms with E-state index in [0.29, 0.717) is 45.4 Å². The molecule has 146 valence electrons. The normalized spacial score (nSPS) is 21.4. The maximum atomic E-state index is 11.7. The minimum absolute atomic E-state index is 0. The molecule has 0 aromatic rings. The van der Waals surface area contributed by atoms with Crippen LogP contribution in [0.2, 0.25) is 0 Å². The fraction of sp³-hybridized carbons (Fsp3) is 0.875. The summed E-state index contributed by atoms with van der Waals surface area (Å²) >= 11 is 0. The number of nitrogens with two attached hydrogens (primary N) is 1. The number of ether oxygens (including phenoxy) is 3. The SMILES string of the molecule is CCOC(=O)N1CCC(NC(N)=NCC2(OC)CCOCC2)CC1.I. The van der Waals surface area contributed by atoms with Gasteiger partial charge in [0.2, 0.25) is 0 Å². The molecule has 0 aliphatic carbocycles. The van der Waals surface area contributed by atoms with Crippen LogP contribution in [0.25, 0.3) is 0 Å². The summed E-state index contributed by atoms with van der Waals surface area (Å²) in [5.41, 5.74) is 5.76. The lowest BCUT2D eigenvalue weighted by atomic mass is 9.94. The highest BCUT2D eigenvalue weighted by Crippen LogP contribution is 2.24. The maximum Gasteiger partial charge on any atom is 0.409 e. The van der Waals surface area contributed by atoms with Gasteiger partial charge in [0.1, 0.15) is 0 Å². The molecule has 0 atom stereocenters. The zero-order valence-corrected chi connectivity index (χ0v) is 17.5. The molecule has 0 aromatic heterocycles. The molecule has 0 bridgehead atoms. The van der Waals surface area contributed by atoms with E-state index in [1.54, 1.807) is 12.0 Å². The van der Waals surface area contributed by atoms with Crippen LogP contribution in [0.1, 0.15) is 32.6 Å². The Hall–Kier alpha value is -0.810. The van der Waals surface area contributed by atoms with Gasteiger partial charge in [0.15, 0.2) is 5.96 Å². The molecular weight excluding hydrogens is 439 g/mol. The molecule has 0 unspecified atom stereocenters. The first-order valence-corrected chi connectivity index (χ1v) is 8.69. The van der Waals surface area contributed by atoms with Crippen molar-refractivity contribution in [2.75, 3.05) is 46.6 Å². The van der Waals surface area contributed by atoms with Gasteiger partial charge in [-0.15, -0.1) is 24.0 Å². The molecule has 2 fully saturated rings. The summed E-state index contributed by atoms with van der Waals surface area (Å²) in [6.45, 7) is 5.49. The number of amides is 1. The molecule has 2 aliphatic rings. The van der Waals surface area contributed by atoms with E-state index in [0.717, 1.165) is 25.7 Å². The average Bonchev–Trinajstić information content (AvgIpc) is 2.61. The standard InChI is InChI=1S/C16H30N4O4.HI/c1-3-24-15(21)20-8-4-13(5-9-20)19-14(17)18-12-16(22-2)6-10-23-11-7-16;/h13H,3-12H2,1-2H3,(H3,17,18,19);1H. The highest BCUT2D eigenvalue weighted by molar-refractivity contribution is 14.0. The lowest BCUT2D eigenvalue weighted by molar-refractivity contribution is -0.0828. The van der Waals surface area contributed by atoms with Gasteiger partial charge in [0.05, 0.1) is 18.8 Å². The zero-order valence-electron chi connectivity index (χ0n) is 15.2. The lowest BCUT2D eigenvalue weighted by Gasteiger charge is -2.35. The van der Waals surface area contributed by atoms with Crippen molar-refractivity contribution < 1.29 is 19.0 Å². The highest BCUT2D eigenvalue weighted by Gasteiger charge is 2.32. The van der Waals surface area contributed by atoms with E-state index in [4.69, 9.17) is 19.9 Å². The van der Waals surface area contributed by atoms with E-state index in [1.807, 2.05) is 6.92 Å². The number of halogens is 1. The number of nitrogens with one attached hydrogen (secondary N) is 1. The summed E-state index contributed by atoms with van der Waals surface area (Å²) in [6.07, 6.45) is 3.09. The number of carbonyl (C=O) groups excluding carboxylic acids is 1. The van der Waals surface area contributed by atoms with Crippen molar-refractivity contribution in [1.82, 2.24) is 10.2 Å². The number of hydrogen-bond acceptors (Lipinski definition) is 5. The van der Waals surface area contributed by atoms with Crippen molar-refractivity contribution in [3.05, 3.63) is 0 Å². The van der Waals surface area contributed by atoms with Crippen molar-refractivity contribution >= 4 is 36.0 Å². The minimum Gasteiger partial charge on any atom is -0.450 e. The van der Waals surface area contributed by atoms with Crippen LogP contribution in [0.15, 0.2) is 4.99 Å². The van der Waals surface area contributed by atoms with Crippen LogP contribution in [0.3, 0.4) is 0 Å². The van der Waals surface area contributed by atoms with Gasteiger partial charge in [0.25, 0.3) is 0 Å². The number of methoxy groups -OCH3 is 1. The number of aliphatic imine (C=N–C) groups is 1. The molecule has 2 aliphatic heterocycles. The van der Waals surface area contributed by atoms with Gasteiger partial charge in [-0.2, -0.15) is 0 Å². The van der Waals surface area contributed by atoms with Crippen molar-refractivity contribution in [3.8, 4) is 0 Å². The number of likely N-dealkylation sites (tertiary alicyclic amines) is 1. The quantitative estimate of drug-likeness (QED) is 0.358. The highest BCUT2D eigenvalue weighted by atomic mass is 127. The largest absolute Gasteiger partial charge is 0.450 e. The Balaban J connectivity index is 0.00000312. The van der Waals surface area contributed by atoms with Crippen LogP contribution in [0.5, 0.6) is 0 Å². The fourth-order valence-electron chi connectivity index (χ4n) is 3.08. The second-order valence-corrected chi connectivity index (χ2v) is 6.31. The van der Waals surface area contributed by atoms with Gasteiger partial charge >= 0.3 is 6.09 Å². The van der Waals surface area contributed by atoms with Gasteiger partial charge in [-0.25, -0.2) is 4.79 Å². The van der Waals surface area contributed by atoms with E-state index < -0.39 is 0 Å². The van der Waals surface area contributed by atoms with E-state index in [2.05, 4.69) is 10.3 Å². The third-order valence-corrected chi connectivity index (χ3v) is 4.75. The Labute approximate surface area is 166 Å². The Morgan fingerprint density at radius 3 is 2.56 bits per heavy atom. The van der Waals surface area contributed by atoms with Crippen molar-refractivity contribution in [3.63, 3.8) is 0 Å². The van der Waals surface area contributed by atoms with Crippen LogP contribution >= 0.6 is 24.0 Å². The van der Waals surface area contributed by atoms with Gasteiger partial charge in [-0.3, -0.25) is 4.99 Å².